The van der Waals surface area contributed by atoms with E-state index in [1.165, 1.54) is 5.56 Å². The van der Waals surface area contributed by atoms with Crippen molar-refractivity contribution >= 4 is 37.6 Å². The Bertz CT molecular complexity index is 345. The second-order valence-corrected chi connectivity index (χ2v) is 5.28. The van der Waals surface area contributed by atoms with Crippen molar-refractivity contribution in [1.82, 2.24) is 0 Å². The molecule has 0 N–H and O–H groups in total. The van der Waals surface area contributed by atoms with Gasteiger partial charge in [0.15, 0.2) is 5.78 Å². The van der Waals surface area contributed by atoms with Crippen LogP contribution in [0.2, 0.25) is 0 Å². The monoisotopic (exact) mass is 318 g/mol. The Balaban J connectivity index is 3.16. The van der Waals surface area contributed by atoms with Gasteiger partial charge < -0.3 is 0 Å². The van der Waals surface area contributed by atoms with Gasteiger partial charge in [-0.3, -0.25) is 4.79 Å². The van der Waals surface area contributed by atoms with Crippen LogP contribution in [0.5, 0.6) is 0 Å². The summed E-state index contributed by atoms with van der Waals surface area (Å²) in [6.45, 7) is 3.92. The number of ketones is 1. The van der Waals surface area contributed by atoms with Crippen LogP contribution in [0.15, 0.2) is 22.7 Å². The minimum atomic E-state index is -0.133. The Kier molecular flexibility index (Phi) is 4.32. The SMILES string of the molecule is CCc1cccc(C(=O)C(C)Br)c1Br. The first-order valence-corrected chi connectivity index (χ1v) is 6.24. The number of halogens is 2. The topological polar surface area (TPSA) is 17.1 Å². The summed E-state index contributed by atoms with van der Waals surface area (Å²) in [5, 5.41) is 0. The van der Waals surface area contributed by atoms with E-state index in [9.17, 15) is 4.79 Å². The Morgan fingerprint density at radius 3 is 2.64 bits per heavy atom. The molecule has 0 radical (unpaired) electrons. The summed E-state index contributed by atoms with van der Waals surface area (Å²) in [5.74, 6) is 0.118. The van der Waals surface area contributed by atoms with Crippen LogP contribution in [0, 0.1) is 0 Å². The summed E-state index contributed by atoms with van der Waals surface area (Å²) in [4.78, 5) is 11.6. The van der Waals surface area contributed by atoms with Gasteiger partial charge in [0.05, 0.1) is 4.83 Å². The van der Waals surface area contributed by atoms with Crippen molar-refractivity contribution in [2.75, 3.05) is 0 Å². The van der Waals surface area contributed by atoms with Crippen molar-refractivity contribution in [1.29, 1.82) is 0 Å². The number of hydrogen-bond donors (Lipinski definition) is 0. The van der Waals surface area contributed by atoms with Crippen LogP contribution < -0.4 is 0 Å². The number of hydrogen-bond acceptors (Lipinski definition) is 1. The van der Waals surface area contributed by atoms with Gasteiger partial charge in [0.25, 0.3) is 0 Å². The van der Waals surface area contributed by atoms with E-state index in [1.807, 2.05) is 25.1 Å². The number of rotatable bonds is 3. The van der Waals surface area contributed by atoms with Crippen molar-refractivity contribution in [3.8, 4) is 0 Å². The lowest BCUT2D eigenvalue weighted by Gasteiger charge is -2.08. The van der Waals surface area contributed by atoms with Gasteiger partial charge in [-0.15, -0.1) is 0 Å². The maximum absolute atomic E-state index is 11.8. The second kappa shape index (κ2) is 5.08. The Hall–Kier alpha value is -0.150. The maximum atomic E-state index is 11.8. The number of benzene rings is 1. The first-order valence-electron chi connectivity index (χ1n) is 4.53. The predicted molar refractivity (Wildman–Crippen MR) is 66.2 cm³/mol. The summed E-state index contributed by atoms with van der Waals surface area (Å²) < 4.78 is 0.929. The molecular formula is C11H12Br2O. The third-order valence-corrected chi connectivity index (χ3v) is 3.44. The van der Waals surface area contributed by atoms with E-state index in [1.54, 1.807) is 0 Å². The Morgan fingerprint density at radius 2 is 2.14 bits per heavy atom. The molecule has 1 unspecified atom stereocenters. The van der Waals surface area contributed by atoms with Crippen LogP contribution in [0.25, 0.3) is 0 Å². The van der Waals surface area contributed by atoms with E-state index >= 15 is 0 Å². The normalized spacial score (nSPS) is 12.6. The van der Waals surface area contributed by atoms with Crippen molar-refractivity contribution in [3.05, 3.63) is 33.8 Å². The van der Waals surface area contributed by atoms with Crippen molar-refractivity contribution < 1.29 is 4.79 Å². The first kappa shape index (κ1) is 11.9. The number of Topliss-reactive ketones (excluding diaryl/α,β-unsaturated/α-hetero) is 1. The van der Waals surface area contributed by atoms with Crippen LogP contribution in [0.4, 0.5) is 0 Å². The molecule has 1 nitrogen and oxygen atoms in total. The smallest absolute Gasteiger partial charge is 0.177 e. The van der Waals surface area contributed by atoms with E-state index in [4.69, 9.17) is 0 Å². The lowest BCUT2D eigenvalue weighted by atomic mass is 10.0. The van der Waals surface area contributed by atoms with Gasteiger partial charge >= 0.3 is 0 Å². The molecule has 0 saturated carbocycles. The molecule has 76 valence electrons. The van der Waals surface area contributed by atoms with Gasteiger partial charge in [0.2, 0.25) is 0 Å². The van der Waals surface area contributed by atoms with E-state index < -0.39 is 0 Å². The lowest BCUT2D eigenvalue weighted by molar-refractivity contribution is 0.0995. The number of alkyl halides is 1. The molecule has 0 heterocycles. The third-order valence-electron chi connectivity index (χ3n) is 2.09. The quantitative estimate of drug-likeness (QED) is 0.608. The van der Waals surface area contributed by atoms with Crippen LogP contribution in [-0.4, -0.2) is 10.6 Å². The molecule has 0 fully saturated rings. The van der Waals surface area contributed by atoms with Gasteiger partial charge in [-0.05, 0) is 34.8 Å². The number of carbonyl (C=O) groups excluding carboxylic acids is 1. The van der Waals surface area contributed by atoms with Crippen molar-refractivity contribution in [2.45, 2.75) is 25.1 Å². The summed E-state index contributed by atoms with van der Waals surface area (Å²) in [5.41, 5.74) is 1.93. The third kappa shape index (κ3) is 2.45. The fourth-order valence-electron chi connectivity index (χ4n) is 1.26. The average Bonchev–Trinajstić information content (AvgIpc) is 2.17. The zero-order chi connectivity index (χ0) is 10.7. The highest BCUT2D eigenvalue weighted by Gasteiger charge is 2.15. The molecule has 0 aliphatic heterocycles. The van der Waals surface area contributed by atoms with E-state index in [2.05, 4.69) is 38.8 Å². The highest BCUT2D eigenvalue weighted by atomic mass is 79.9. The molecule has 0 bridgehead atoms. The molecule has 0 spiro atoms. The van der Waals surface area contributed by atoms with Gasteiger partial charge in [-0.1, -0.05) is 41.1 Å². The van der Waals surface area contributed by atoms with E-state index in [0.29, 0.717) is 0 Å². The molecule has 0 aliphatic carbocycles. The second-order valence-electron chi connectivity index (χ2n) is 3.11. The molecule has 1 atom stereocenters. The maximum Gasteiger partial charge on any atom is 0.177 e. The minimum Gasteiger partial charge on any atom is -0.293 e. The molecule has 1 aromatic carbocycles. The zero-order valence-electron chi connectivity index (χ0n) is 8.18. The summed E-state index contributed by atoms with van der Waals surface area (Å²) in [6.07, 6.45) is 0.929. The zero-order valence-corrected chi connectivity index (χ0v) is 11.4. The molecule has 1 rings (SSSR count). The fourth-order valence-corrected chi connectivity index (χ4v) is 2.24. The average molecular weight is 320 g/mol. The summed E-state index contributed by atoms with van der Waals surface area (Å²) >= 11 is 6.76. The van der Waals surface area contributed by atoms with Crippen LogP contribution in [-0.2, 0) is 6.42 Å². The molecule has 1 aromatic rings. The van der Waals surface area contributed by atoms with Crippen LogP contribution in [0.1, 0.15) is 29.8 Å². The summed E-state index contributed by atoms with van der Waals surface area (Å²) in [7, 11) is 0. The van der Waals surface area contributed by atoms with Gasteiger partial charge in [-0.2, -0.15) is 0 Å². The molecule has 0 aromatic heterocycles. The first-order chi connectivity index (χ1) is 6.57. The van der Waals surface area contributed by atoms with Gasteiger partial charge in [0, 0.05) is 10.0 Å². The predicted octanol–water partition coefficient (Wildman–Crippen LogP) is 3.98. The molecule has 0 aliphatic rings. The highest BCUT2D eigenvalue weighted by molar-refractivity contribution is 9.10. The fraction of sp³-hybridized carbons (Fsp3) is 0.364. The number of aryl methyl sites for hydroxylation is 1. The summed E-state index contributed by atoms with van der Waals surface area (Å²) in [6, 6.07) is 5.80. The molecule has 14 heavy (non-hydrogen) atoms. The van der Waals surface area contributed by atoms with Gasteiger partial charge in [0.1, 0.15) is 0 Å². The van der Waals surface area contributed by atoms with Crippen LogP contribution in [0.3, 0.4) is 0 Å². The Labute approximate surface area is 101 Å². The highest BCUT2D eigenvalue weighted by Crippen LogP contribution is 2.24. The van der Waals surface area contributed by atoms with Crippen molar-refractivity contribution in [3.63, 3.8) is 0 Å². The molecule has 3 heteroatoms. The Morgan fingerprint density at radius 1 is 1.50 bits per heavy atom. The molecular weight excluding hydrogens is 308 g/mol. The number of carbonyl (C=O) groups is 1. The van der Waals surface area contributed by atoms with E-state index in [-0.39, 0.29) is 10.6 Å². The largest absolute Gasteiger partial charge is 0.293 e. The van der Waals surface area contributed by atoms with Gasteiger partial charge in [-0.25, -0.2) is 0 Å². The standard InChI is InChI=1S/C11H12Br2O/c1-3-8-5-4-6-9(10(8)13)11(14)7(2)12/h4-7H,3H2,1-2H3. The lowest BCUT2D eigenvalue weighted by Crippen LogP contribution is -2.11. The molecule has 0 amide bonds. The van der Waals surface area contributed by atoms with Crippen LogP contribution >= 0.6 is 31.9 Å². The minimum absolute atomic E-state index is 0.118. The van der Waals surface area contributed by atoms with Crippen molar-refractivity contribution in [2.24, 2.45) is 0 Å². The van der Waals surface area contributed by atoms with E-state index in [0.717, 1.165) is 16.5 Å². The molecule has 0 saturated heterocycles.